The first-order chi connectivity index (χ1) is 8.33. The highest BCUT2D eigenvalue weighted by atomic mass is 32.1. The van der Waals surface area contributed by atoms with Crippen LogP contribution in [0, 0.1) is 0 Å². The van der Waals surface area contributed by atoms with E-state index in [0.717, 1.165) is 29.6 Å². The van der Waals surface area contributed by atoms with Crippen LogP contribution in [0.2, 0.25) is 0 Å². The molecule has 0 radical (unpaired) electrons. The topological polar surface area (TPSA) is 51.2 Å². The number of thiazole rings is 1. The third kappa shape index (κ3) is 2.10. The van der Waals surface area contributed by atoms with E-state index in [1.807, 2.05) is 24.3 Å². The molecule has 5 heteroatoms. The largest absolute Gasteiger partial charge is 0.457 e. The van der Waals surface area contributed by atoms with Crippen molar-refractivity contribution in [2.75, 3.05) is 6.54 Å². The van der Waals surface area contributed by atoms with Crippen molar-refractivity contribution >= 4 is 27.5 Å². The average molecular weight is 248 g/mol. The molecule has 88 valence electrons. The Kier molecular flexibility index (Phi) is 2.68. The monoisotopic (exact) mass is 248 g/mol. The second-order valence-electron chi connectivity index (χ2n) is 3.99. The summed E-state index contributed by atoms with van der Waals surface area (Å²) in [5.41, 5.74) is 0.920. The van der Waals surface area contributed by atoms with Crippen LogP contribution in [0.15, 0.2) is 24.3 Å². The fourth-order valence-corrected chi connectivity index (χ4v) is 2.74. The Labute approximate surface area is 103 Å². The van der Waals surface area contributed by atoms with Crippen molar-refractivity contribution in [2.24, 2.45) is 0 Å². The number of aromatic nitrogens is 1. The molecule has 0 unspecified atom stereocenters. The number of hydrogen-bond acceptors (Lipinski definition) is 4. The van der Waals surface area contributed by atoms with E-state index in [1.165, 1.54) is 11.3 Å². The third-order valence-corrected chi connectivity index (χ3v) is 3.68. The number of hydrogen-bond donors (Lipinski definition) is 1. The molecule has 2 aromatic rings. The number of carbonyl (C=O) groups is 1. The van der Waals surface area contributed by atoms with Crippen LogP contribution >= 0.6 is 11.3 Å². The average Bonchev–Trinajstić information content (AvgIpc) is 2.74. The van der Waals surface area contributed by atoms with Crippen LogP contribution in [0.5, 0.6) is 5.19 Å². The molecule has 3 rings (SSSR count). The Morgan fingerprint density at radius 2 is 2.29 bits per heavy atom. The van der Waals surface area contributed by atoms with E-state index in [4.69, 9.17) is 4.74 Å². The van der Waals surface area contributed by atoms with Crippen LogP contribution in [-0.2, 0) is 4.79 Å². The lowest BCUT2D eigenvalue weighted by atomic mass is 10.1. The van der Waals surface area contributed by atoms with Crippen molar-refractivity contribution in [3.63, 3.8) is 0 Å². The minimum atomic E-state index is -0.385. The number of carbonyl (C=O) groups excluding carboxylic acids is 1. The fraction of sp³-hybridized carbons (Fsp3) is 0.333. The summed E-state index contributed by atoms with van der Waals surface area (Å²) in [6.45, 7) is 0.749. The molecular formula is C12H12N2O2S. The minimum Gasteiger partial charge on any atom is -0.457 e. The van der Waals surface area contributed by atoms with Gasteiger partial charge in [0.15, 0.2) is 6.10 Å². The lowest BCUT2D eigenvalue weighted by molar-refractivity contribution is -0.129. The molecule has 1 amide bonds. The number of piperidine rings is 1. The van der Waals surface area contributed by atoms with Crippen molar-refractivity contribution in [1.82, 2.24) is 10.3 Å². The van der Waals surface area contributed by atoms with E-state index < -0.39 is 0 Å². The summed E-state index contributed by atoms with van der Waals surface area (Å²) in [6.07, 6.45) is 1.34. The highest BCUT2D eigenvalue weighted by Gasteiger charge is 2.24. The van der Waals surface area contributed by atoms with Gasteiger partial charge in [0.1, 0.15) is 0 Å². The molecule has 1 aliphatic rings. The predicted molar refractivity (Wildman–Crippen MR) is 66.3 cm³/mol. The van der Waals surface area contributed by atoms with Crippen LogP contribution in [-0.4, -0.2) is 23.5 Å². The Morgan fingerprint density at radius 3 is 3.12 bits per heavy atom. The Bertz CT molecular complexity index is 519. The molecule has 1 aromatic carbocycles. The van der Waals surface area contributed by atoms with Crippen LogP contribution in [0.1, 0.15) is 12.8 Å². The first-order valence-electron chi connectivity index (χ1n) is 5.63. The molecule has 1 aromatic heterocycles. The summed E-state index contributed by atoms with van der Waals surface area (Å²) < 4.78 is 6.73. The van der Waals surface area contributed by atoms with Gasteiger partial charge in [-0.25, -0.2) is 4.98 Å². The highest BCUT2D eigenvalue weighted by molar-refractivity contribution is 7.20. The summed E-state index contributed by atoms with van der Waals surface area (Å²) >= 11 is 1.48. The molecule has 0 spiro atoms. The van der Waals surface area contributed by atoms with Gasteiger partial charge in [-0.05, 0) is 25.0 Å². The molecule has 2 heterocycles. The van der Waals surface area contributed by atoms with Crippen LogP contribution in [0.25, 0.3) is 10.2 Å². The summed E-state index contributed by atoms with van der Waals surface area (Å²) in [6, 6.07) is 7.86. The van der Waals surface area contributed by atoms with Crippen molar-refractivity contribution in [2.45, 2.75) is 18.9 Å². The Morgan fingerprint density at radius 1 is 1.41 bits per heavy atom. The number of para-hydroxylation sites is 1. The van der Waals surface area contributed by atoms with Gasteiger partial charge < -0.3 is 10.1 Å². The number of nitrogens with zero attached hydrogens (tertiary/aromatic N) is 1. The quantitative estimate of drug-likeness (QED) is 0.883. The highest BCUT2D eigenvalue weighted by Crippen LogP contribution is 2.28. The number of amides is 1. The SMILES string of the molecule is O=C1NCCC[C@@H]1Oc1nc2ccccc2s1. The zero-order valence-electron chi connectivity index (χ0n) is 9.18. The van der Waals surface area contributed by atoms with Gasteiger partial charge in [0.05, 0.1) is 10.2 Å². The van der Waals surface area contributed by atoms with Gasteiger partial charge in [0.25, 0.3) is 11.1 Å². The van der Waals surface area contributed by atoms with Gasteiger partial charge in [0, 0.05) is 6.54 Å². The second-order valence-corrected chi connectivity index (χ2v) is 4.98. The van der Waals surface area contributed by atoms with E-state index in [2.05, 4.69) is 10.3 Å². The maximum atomic E-state index is 11.6. The number of nitrogens with one attached hydrogen (secondary N) is 1. The predicted octanol–water partition coefficient (Wildman–Crippen LogP) is 1.95. The molecule has 4 nitrogen and oxygen atoms in total. The standard InChI is InChI=1S/C12H12N2O2S/c15-11-9(5-3-7-13-11)16-12-14-8-4-1-2-6-10(8)17-12/h1-2,4,6,9H,3,5,7H2,(H,13,15)/t9-/m0/s1. The van der Waals surface area contributed by atoms with Crippen LogP contribution < -0.4 is 10.1 Å². The van der Waals surface area contributed by atoms with E-state index >= 15 is 0 Å². The smallest absolute Gasteiger partial charge is 0.275 e. The number of benzene rings is 1. The van der Waals surface area contributed by atoms with Crippen molar-refractivity contribution in [3.8, 4) is 5.19 Å². The lowest BCUT2D eigenvalue weighted by Crippen LogP contribution is -2.43. The molecular weight excluding hydrogens is 236 g/mol. The molecule has 1 saturated heterocycles. The number of rotatable bonds is 2. The summed E-state index contributed by atoms with van der Waals surface area (Å²) in [7, 11) is 0. The van der Waals surface area contributed by atoms with Crippen molar-refractivity contribution < 1.29 is 9.53 Å². The van der Waals surface area contributed by atoms with Gasteiger partial charge in [-0.15, -0.1) is 0 Å². The molecule has 1 aliphatic heterocycles. The summed E-state index contributed by atoms with van der Waals surface area (Å²) in [5, 5.41) is 3.38. The van der Waals surface area contributed by atoms with Crippen molar-refractivity contribution in [3.05, 3.63) is 24.3 Å². The normalized spacial score (nSPS) is 20.2. The number of fused-ring (bicyclic) bond motifs is 1. The first kappa shape index (κ1) is 10.5. The summed E-state index contributed by atoms with van der Waals surface area (Å²) in [5.74, 6) is -0.0319. The molecule has 1 fully saturated rings. The molecule has 0 saturated carbocycles. The van der Waals surface area contributed by atoms with Crippen molar-refractivity contribution in [1.29, 1.82) is 0 Å². The van der Waals surface area contributed by atoms with E-state index in [1.54, 1.807) is 0 Å². The maximum Gasteiger partial charge on any atom is 0.275 e. The van der Waals surface area contributed by atoms with E-state index in [9.17, 15) is 4.79 Å². The molecule has 0 aliphatic carbocycles. The van der Waals surface area contributed by atoms with Gasteiger partial charge in [-0.3, -0.25) is 4.79 Å². The van der Waals surface area contributed by atoms with Gasteiger partial charge in [-0.1, -0.05) is 23.5 Å². The molecule has 0 bridgehead atoms. The van der Waals surface area contributed by atoms with E-state index in [-0.39, 0.29) is 12.0 Å². The molecule has 1 atom stereocenters. The second kappa shape index (κ2) is 4.33. The third-order valence-electron chi connectivity index (χ3n) is 2.75. The lowest BCUT2D eigenvalue weighted by Gasteiger charge is -2.21. The Hall–Kier alpha value is -1.62. The molecule has 1 N–H and O–H groups in total. The zero-order chi connectivity index (χ0) is 11.7. The zero-order valence-corrected chi connectivity index (χ0v) is 10.00. The van der Waals surface area contributed by atoms with E-state index in [0.29, 0.717) is 5.19 Å². The number of ether oxygens (including phenoxy) is 1. The summed E-state index contributed by atoms with van der Waals surface area (Å²) in [4.78, 5) is 15.9. The van der Waals surface area contributed by atoms with Gasteiger partial charge >= 0.3 is 0 Å². The molecule has 17 heavy (non-hydrogen) atoms. The fourth-order valence-electron chi connectivity index (χ4n) is 1.88. The van der Waals surface area contributed by atoms with Gasteiger partial charge in [-0.2, -0.15) is 0 Å². The maximum absolute atomic E-state index is 11.6. The minimum absolute atomic E-state index is 0.0319. The van der Waals surface area contributed by atoms with Crippen LogP contribution in [0.4, 0.5) is 0 Å². The van der Waals surface area contributed by atoms with Crippen LogP contribution in [0.3, 0.4) is 0 Å². The first-order valence-corrected chi connectivity index (χ1v) is 6.44. The van der Waals surface area contributed by atoms with Gasteiger partial charge in [0.2, 0.25) is 0 Å². The Balaban J connectivity index is 1.82.